The van der Waals surface area contributed by atoms with Crippen LogP contribution in [0.2, 0.25) is 5.02 Å². The van der Waals surface area contributed by atoms with Crippen molar-refractivity contribution in [2.45, 2.75) is 12.1 Å². The first-order valence-corrected chi connectivity index (χ1v) is 10.7. The number of nitrogens with zero attached hydrogens (tertiary/aromatic N) is 3. The summed E-state index contributed by atoms with van der Waals surface area (Å²) in [5, 5.41) is 8.73. The van der Waals surface area contributed by atoms with Crippen molar-refractivity contribution in [3.63, 3.8) is 0 Å². The average Bonchev–Trinajstić information content (AvgIpc) is 3.31. The van der Waals surface area contributed by atoms with E-state index in [0.717, 1.165) is 39.5 Å². The highest BCUT2D eigenvalue weighted by Crippen LogP contribution is 2.51. The molecule has 6 nitrogen and oxygen atoms in total. The number of halogens is 1. The molecule has 0 spiro atoms. The number of rotatable bonds is 3. The summed E-state index contributed by atoms with van der Waals surface area (Å²) in [4.78, 5) is 4.46. The molecule has 158 valence electrons. The molecule has 6 rings (SSSR count). The summed E-state index contributed by atoms with van der Waals surface area (Å²) in [6, 6.07) is 23.6. The number of hydrogen-bond acceptors (Lipinski definition) is 5. The standard InChI is InChI=1S/C25H19ClN4O2/c1-31-19-8-4-3-7-18(19)24-21-22(17-6-2-5-9-20(17)32-24)29-25-27-14-28-30(25)23(21)15-10-12-16(26)13-11-15/h2-14,23-24H,1H3,(H,27,28,29). The van der Waals surface area contributed by atoms with E-state index < -0.39 is 0 Å². The van der Waals surface area contributed by atoms with Crippen LogP contribution in [0.25, 0.3) is 5.70 Å². The van der Waals surface area contributed by atoms with Crippen LogP contribution in [-0.4, -0.2) is 21.9 Å². The SMILES string of the molecule is COc1ccccc1C1Oc2ccccc2C2=C1C(c1ccc(Cl)cc1)n1ncnc1N2. The number of benzene rings is 3. The van der Waals surface area contributed by atoms with Crippen LogP contribution in [-0.2, 0) is 0 Å². The monoisotopic (exact) mass is 442 g/mol. The lowest BCUT2D eigenvalue weighted by Crippen LogP contribution is -2.32. The van der Waals surface area contributed by atoms with Crippen LogP contribution in [0.3, 0.4) is 0 Å². The molecule has 3 aromatic carbocycles. The largest absolute Gasteiger partial charge is 0.496 e. The fourth-order valence-corrected chi connectivity index (χ4v) is 4.65. The Balaban J connectivity index is 1.64. The Morgan fingerprint density at radius 3 is 2.62 bits per heavy atom. The van der Waals surface area contributed by atoms with E-state index in [9.17, 15) is 0 Å². The molecule has 32 heavy (non-hydrogen) atoms. The van der Waals surface area contributed by atoms with E-state index in [-0.39, 0.29) is 12.1 Å². The van der Waals surface area contributed by atoms with Crippen LogP contribution in [0.4, 0.5) is 5.95 Å². The van der Waals surface area contributed by atoms with Gasteiger partial charge in [0.15, 0.2) is 6.10 Å². The number of anilines is 1. The van der Waals surface area contributed by atoms with Crippen molar-refractivity contribution < 1.29 is 9.47 Å². The molecule has 3 heterocycles. The number of fused-ring (bicyclic) bond motifs is 3. The van der Waals surface area contributed by atoms with Gasteiger partial charge in [0, 0.05) is 21.7 Å². The van der Waals surface area contributed by atoms with E-state index >= 15 is 0 Å². The molecule has 0 radical (unpaired) electrons. The Bertz CT molecular complexity index is 1350. The van der Waals surface area contributed by atoms with Gasteiger partial charge in [-0.15, -0.1) is 0 Å². The Morgan fingerprint density at radius 1 is 1.00 bits per heavy atom. The molecule has 2 aliphatic heterocycles. The lowest BCUT2D eigenvalue weighted by molar-refractivity contribution is 0.217. The van der Waals surface area contributed by atoms with Gasteiger partial charge in [-0.1, -0.05) is 54.1 Å². The number of para-hydroxylation sites is 2. The van der Waals surface area contributed by atoms with E-state index in [1.165, 1.54) is 0 Å². The maximum Gasteiger partial charge on any atom is 0.226 e. The number of hydrogen-bond donors (Lipinski definition) is 1. The Morgan fingerprint density at radius 2 is 1.78 bits per heavy atom. The molecule has 0 saturated carbocycles. The molecule has 1 N–H and O–H groups in total. The zero-order valence-electron chi connectivity index (χ0n) is 17.2. The fourth-order valence-electron chi connectivity index (χ4n) is 4.52. The summed E-state index contributed by atoms with van der Waals surface area (Å²) in [7, 11) is 1.68. The van der Waals surface area contributed by atoms with Gasteiger partial charge >= 0.3 is 0 Å². The molecule has 0 fully saturated rings. The van der Waals surface area contributed by atoms with Gasteiger partial charge in [-0.05, 0) is 35.9 Å². The highest BCUT2D eigenvalue weighted by molar-refractivity contribution is 6.30. The number of methoxy groups -OCH3 is 1. The topological polar surface area (TPSA) is 61.2 Å². The highest BCUT2D eigenvalue weighted by atomic mass is 35.5. The van der Waals surface area contributed by atoms with E-state index in [4.69, 9.17) is 21.1 Å². The molecule has 0 aliphatic carbocycles. The van der Waals surface area contributed by atoms with Crippen molar-refractivity contribution in [3.8, 4) is 11.5 Å². The maximum absolute atomic E-state index is 6.63. The predicted octanol–water partition coefficient (Wildman–Crippen LogP) is 5.50. The summed E-state index contributed by atoms with van der Waals surface area (Å²) in [6.45, 7) is 0. The quantitative estimate of drug-likeness (QED) is 0.454. The highest BCUT2D eigenvalue weighted by Gasteiger charge is 2.41. The van der Waals surface area contributed by atoms with Gasteiger partial charge in [0.05, 0.1) is 12.8 Å². The summed E-state index contributed by atoms with van der Waals surface area (Å²) in [5.74, 6) is 2.25. The third kappa shape index (κ3) is 2.87. The van der Waals surface area contributed by atoms with E-state index in [0.29, 0.717) is 11.0 Å². The van der Waals surface area contributed by atoms with Crippen molar-refractivity contribution in [2.24, 2.45) is 0 Å². The molecule has 2 atom stereocenters. The van der Waals surface area contributed by atoms with Crippen molar-refractivity contribution in [1.29, 1.82) is 0 Å². The summed E-state index contributed by atoms with van der Waals surface area (Å²) in [5.41, 5.74) is 4.98. The van der Waals surface area contributed by atoms with Crippen LogP contribution in [0.15, 0.2) is 84.7 Å². The van der Waals surface area contributed by atoms with Crippen LogP contribution in [0, 0.1) is 0 Å². The Labute approximate surface area is 190 Å². The minimum absolute atomic E-state index is 0.232. The number of ether oxygens (including phenoxy) is 2. The molecule has 0 amide bonds. The van der Waals surface area contributed by atoms with Crippen molar-refractivity contribution in [3.05, 3.63) is 106 Å². The predicted molar refractivity (Wildman–Crippen MR) is 123 cm³/mol. The molecule has 0 bridgehead atoms. The third-order valence-corrected chi connectivity index (χ3v) is 6.18. The van der Waals surface area contributed by atoms with Gasteiger partial charge < -0.3 is 14.8 Å². The van der Waals surface area contributed by atoms with Crippen LogP contribution < -0.4 is 14.8 Å². The molecule has 7 heteroatoms. The number of aromatic nitrogens is 3. The lowest BCUT2D eigenvalue weighted by atomic mass is 9.84. The molecule has 2 aliphatic rings. The molecule has 2 unspecified atom stereocenters. The first kappa shape index (κ1) is 19.0. The maximum atomic E-state index is 6.63. The molecular weight excluding hydrogens is 424 g/mol. The summed E-state index contributed by atoms with van der Waals surface area (Å²) < 4.78 is 14.2. The fraction of sp³-hybridized carbons (Fsp3) is 0.120. The van der Waals surface area contributed by atoms with Gasteiger partial charge in [-0.3, -0.25) is 0 Å². The minimum atomic E-state index is -0.387. The third-order valence-electron chi connectivity index (χ3n) is 5.93. The molecule has 4 aromatic rings. The zero-order chi connectivity index (χ0) is 21.7. The second-order valence-electron chi connectivity index (χ2n) is 7.67. The van der Waals surface area contributed by atoms with Gasteiger partial charge in [0.1, 0.15) is 23.9 Å². The van der Waals surface area contributed by atoms with Crippen LogP contribution >= 0.6 is 11.6 Å². The molecule has 1 aromatic heterocycles. The lowest BCUT2D eigenvalue weighted by Gasteiger charge is -2.39. The first-order chi connectivity index (χ1) is 15.7. The van der Waals surface area contributed by atoms with E-state index in [2.05, 4.69) is 21.5 Å². The smallest absolute Gasteiger partial charge is 0.226 e. The van der Waals surface area contributed by atoms with E-state index in [1.807, 2.05) is 71.4 Å². The first-order valence-electron chi connectivity index (χ1n) is 10.3. The van der Waals surface area contributed by atoms with E-state index in [1.54, 1.807) is 13.4 Å². The summed E-state index contributed by atoms with van der Waals surface area (Å²) in [6.07, 6.45) is 1.18. The van der Waals surface area contributed by atoms with Gasteiger partial charge in [-0.25, -0.2) is 4.68 Å². The van der Waals surface area contributed by atoms with Crippen molar-refractivity contribution in [2.75, 3.05) is 12.4 Å². The number of nitrogens with one attached hydrogen (secondary N) is 1. The second-order valence-corrected chi connectivity index (χ2v) is 8.11. The summed E-state index contributed by atoms with van der Waals surface area (Å²) >= 11 is 6.20. The van der Waals surface area contributed by atoms with Crippen LogP contribution in [0.1, 0.15) is 28.8 Å². The Hall–Kier alpha value is -3.77. The molecular formula is C25H19ClN4O2. The van der Waals surface area contributed by atoms with Gasteiger partial charge in [0.2, 0.25) is 5.95 Å². The van der Waals surface area contributed by atoms with Crippen LogP contribution in [0.5, 0.6) is 11.5 Å². The normalized spacial score (nSPS) is 18.7. The van der Waals surface area contributed by atoms with Crippen molar-refractivity contribution >= 4 is 23.2 Å². The zero-order valence-corrected chi connectivity index (χ0v) is 18.0. The molecule has 0 saturated heterocycles. The minimum Gasteiger partial charge on any atom is -0.496 e. The van der Waals surface area contributed by atoms with Gasteiger partial charge in [0.25, 0.3) is 0 Å². The van der Waals surface area contributed by atoms with Crippen molar-refractivity contribution in [1.82, 2.24) is 14.8 Å². The Kier molecular flexibility index (Phi) is 4.40. The van der Waals surface area contributed by atoms with Gasteiger partial charge in [-0.2, -0.15) is 10.1 Å². The second kappa shape index (κ2) is 7.43. The average molecular weight is 443 g/mol.